The second-order valence-corrected chi connectivity index (χ2v) is 4.26. The second kappa shape index (κ2) is 4.60. The van der Waals surface area contributed by atoms with E-state index in [-0.39, 0.29) is 12.1 Å². The molecule has 1 aliphatic rings. The SMILES string of the molecule is O=C=NC1(c2ccc(CCO)cc2)CCC1. The fourth-order valence-corrected chi connectivity index (χ4v) is 2.17. The first-order valence-corrected chi connectivity index (χ1v) is 5.60. The fourth-order valence-electron chi connectivity index (χ4n) is 2.17. The quantitative estimate of drug-likeness (QED) is 0.619. The van der Waals surface area contributed by atoms with Gasteiger partial charge in [-0.05, 0) is 36.8 Å². The number of hydrogen-bond donors (Lipinski definition) is 1. The van der Waals surface area contributed by atoms with Crippen LogP contribution in [0, 0.1) is 0 Å². The van der Waals surface area contributed by atoms with Crippen LogP contribution in [0.25, 0.3) is 0 Å². The minimum atomic E-state index is -0.306. The summed E-state index contributed by atoms with van der Waals surface area (Å²) in [5.74, 6) is 0. The summed E-state index contributed by atoms with van der Waals surface area (Å²) in [5.41, 5.74) is 1.89. The summed E-state index contributed by atoms with van der Waals surface area (Å²) in [6, 6.07) is 7.99. The molecule has 1 aromatic carbocycles. The van der Waals surface area contributed by atoms with E-state index in [1.165, 1.54) is 0 Å². The van der Waals surface area contributed by atoms with Gasteiger partial charge in [-0.1, -0.05) is 24.3 Å². The van der Waals surface area contributed by atoms with Gasteiger partial charge in [-0.2, -0.15) is 4.99 Å². The standard InChI is InChI=1S/C13H15NO2/c15-9-6-11-2-4-12(5-3-11)13(14-10-16)7-1-8-13/h2-5,15H,1,6-9H2. The van der Waals surface area contributed by atoms with Crippen molar-refractivity contribution in [3.63, 3.8) is 0 Å². The average Bonchev–Trinajstić information content (AvgIpc) is 2.25. The van der Waals surface area contributed by atoms with Gasteiger partial charge in [0.2, 0.25) is 6.08 Å². The molecule has 0 aliphatic heterocycles. The molecule has 0 radical (unpaired) electrons. The van der Waals surface area contributed by atoms with Crippen molar-refractivity contribution in [2.24, 2.45) is 4.99 Å². The van der Waals surface area contributed by atoms with Gasteiger partial charge in [0.15, 0.2) is 0 Å². The van der Waals surface area contributed by atoms with Crippen LogP contribution in [0.4, 0.5) is 0 Å². The lowest BCUT2D eigenvalue weighted by molar-refractivity contribution is 0.256. The maximum absolute atomic E-state index is 10.4. The van der Waals surface area contributed by atoms with E-state index in [0.29, 0.717) is 6.42 Å². The van der Waals surface area contributed by atoms with E-state index in [1.807, 2.05) is 24.3 Å². The zero-order valence-electron chi connectivity index (χ0n) is 9.15. The molecule has 0 aromatic heterocycles. The summed E-state index contributed by atoms with van der Waals surface area (Å²) < 4.78 is 0. The highest BCUT2D eigenvalue weighted by atomic mass is 16.2. The molecule has 0 saturated heterocycles. The number of aliphatic imine (C=N–C) groups is 1. The Morgan fingerprint density at radius 2 is 2.00 bits per heavy atom. The van der Waals surface area contributed by atoms with E-state index in [4.69, 9.17) is 5.11 Å². The van der Waals surface area contributed by atoms with Crippen molar-refractivity contribution in [3.8, 4) is 0 Å². The molecular weight excluding hydrogens is 202 g/mol. The lowest BCUT2D eigenvalue weighted by Gasteiger charge is -2.37. The molecule has 3 heteroatoms. The molecular formula is C13H15NO2. The van der Waals surface area contributed by atoms with Gasteiger partial charge in [-0.3, -0.25) is 0 Å². The summed E-state index contributed by atoms with van der Waals surface area (Å²) in [7, 11) is 0. The van der Waals surface area contributed by atoms with Crippen molar-refractivity contribution in [2.75, 3.05) is 6.61 Å². The van der Waals surface area contributed by atoms with E-state index in [2.05, 4.69) is 4.99 Å². The highest BCUT2D eigenvalue weighted by Crippen LogP contribution is 2.44. The summed E-state index contributed by atoms with van der Waals surface area (Å²) in [6.45, 7) is 0.164. The monoisotopic (exact) mass is 217 g/mol. The van der Waals surface area contributed by atoms with Crippen LogP contribution in [0.5, 0.6) is 0 Å². The summed E-state index contributed by atoms with van der Waals surface area (Å²) in [5, 5.41) is 8.82. The van der Waals surface area contributed by atoms with Gasteiger partial charge in [0.25, 0.3) is 0 Å². The molecule has 16 heavy (non-hydrogen) atoms. The minimum absolute atomic E-state index is 0.164. The Kier molecular flexibility index (Phi) is 3.18. The number of aliphatic hydroxyl groups excluding tert-OH is 1. The number of rotatable bonds is 4. The molecule has 84 valence electrons. The number of benzene rings is 1. The molecule has 0 amide bonds. The van der Waals surface area contributed by atoms with Crippen molar-refractivity contribution in [1.82, 2.24) is 0 Å². The molecule has 1 N–H and O–H groups in total. The van der Waals surface area contributed by atoms with Crippen LogP contribution in [-0.4, -0.2) is 17.8 Å². The fraction of sp³-hybridized carbons (Fsp3) is 0.462. The number of nitrogens with zero attached hydrogens (tertiary/aromatic N) is 1. The topological polar surface area (TPSA) is 49.7 Å². The Bertz CT molecular complexity index is 400. The van der Waals surface area contributed by atoms with Crippen LogP contribution in [-0.2, 0) is 16.8 Å². The van der Waals surface area contributed by atoms with Crippen molar-refractivity contribution < 1.29 is 9.90 Å². The largest absolute Gasteiger partial charge is 0.396 e. The Labute approximate surface area is 94.8 Å². The molecule has 0 atom stereocenters. The summed E-state index contributed by atoms with van der Waals surface area (Å²) in [4.78, 5) is 14.4. The maximum atomic E-state index is 10.4. The Balaban J connectivity index is 2.23. The second-order valence-electron chi connectivity index (χ2n) is 4.26. The first-order valence-electron chi connectivity index (χ1n) is 5.60. The van der Waals surface area contributed by atoms with E-state index in [0.717, 1.165) is 30.4 Å². The predicted molar refractivity (Wildman–Crippen MR) is 60.9 cm³/mol. The molecule has 0 bridgehead atoms. The van der Waals surface area contributed by atoms with Crippen molar-refractivity contribution in [2.45, 2.75) is 31.2 Å². The summed E-state index contributed by atoms with van der Waals surface area (Å²) >= 11 is 0. The van der Waals surface area contributed by atoms with Crippen LogP contribution in [0.15, 0.2) is 29.3 Å². The number of isocyanates is 1. The van der Waals surface area contributed by atoms with Crippen LogP contribution >= 0.6 is 0 Å². The highest BCUT2D eigenvalue weighted by Gasteiger charge is 2.38. The van der Waals surface area contributed by atoms with Gasteiger partial charge in [-0.15, -0.1) is 0 Å². The van der Waals surface area contributed by atoms with Gasteiger partial charge in [-0.25, -0.2) is 4.79 Å². The van der Waals surface area contributed by atoms with Crippen molar-refractivity contribution in [1.29, 1.82) is 0 Å². The Morgan fingerprint density at radius 3 is 2.44 bits per heavy atom. The van der Waals surface area contributed by atoms with E-state index < -0.39 is 0 Å². The first kappa shape index (κ1) is 11.1. The van der Waals surface area contributed by atoms with Gasteiger partial charge >= 0.3 is 0 Å². The Hall–Kier alpha value is -1.44. The lowest BCUT2D eigenvalue weighted by atomic mass is 9.72. The van der Waals surface area contributed by atoms with Crippen molar-refractivity contribution >= 4 is 6.08 Å². The summed E-state index contributed by atoms with van der Waals surface area (Å²) in [6.07, 6.45) is 5.33. The van der Waals surface area contributed by atoms with E-state index >= 15 is 0 Å². The molecule has 1 aliphatic carbocycles. The molecule has 0 spiro atoms. The van der Waals surface area contributed by atoms with E-state index in [9.17, 15) is 4.79 Å². The van der Waals surface area contributed by atoms with Gasteiger partial charge in [0, 0.05) is 6.61 Å². The zero-order chi connectivity index (χ0) is 11.4. The zero-order valence-corrected chi connectivity index (χ0v) is 9.15. The minimum Gasteiger partial charge on any atom is -0.396 e. The molecule has 1 fully saturated rings. The highest BCUT2D eigenvalue weighted by molar-refractivity contribution is 5.40. The van der Waals surface area contributed by atoms with Crippen LogP contribution < -0.4 is 0 Å². The molecule has 0 heterocycles. The third-order valence-corrected chi connectivity index (χ3v) is 3.33. The van der Waals surface area contributed by atoms with Crippen LogP contribution in [0.2, 0.25) is 0 Å². The number of aliphatic hydroxyl groups is 1. The first-order chi connectivity index (χ1) is 7.80. The van der Waals surface area contributed by atoms with Gasteiger partial charge < -0.3 is 5.11 Å². The number of carbonyl (C=O) groups excluding carboxylic acids is 1. The molecule has 1 aromatic rings. The van der Waals surface area contributed by atoms with Gasteiger partial charge in [0.1, 0.15) is 0 Å². The van der Waals surface area contributed by atoms with Gasteiger partial charge in [0.05, 0.1) is 5.54 Å². The van der Waals surface area contributed by atoms with Crippen molar-refractivity contribution in [3.05, 3.63) is 35.4 Å². The molecule has 3 nitrogen and oxygen atoms in total. The predicted octanol–water partition coefficient (Wildman–Crippen LogP) is 1.94. The molecule has 2 rings (SSSR count). The Morgan fingerprint density at radius 1 is 1.31 bits per heavy atom. The maximum Gasteiger partial charge on any atom is 0.235 e. The lowest BCUT2D eigenvalue weighted by Crippen LogP contribution is -2.31. The third kappa shape index (κ3) is 1.92. The number of hydrogen-bond acceptors (Lipinski definition) is 3. The smallest absolute Gasteiger partial charge is 0.235 e. The molecule has 1 saturated carbocycles. The van der Waals surface area contributed by atoms with Crippen LogP contribution in [0.3, 0.4) is 0 Å². The average molecular weight is 217 g/mol. The van der Waals surface area contributed by atoms with E-state index in [1.54, 1.807) is 6.08 Å². The molecule has 0 unspecified atom stereocenters. The van der Waals surface area contributed by atoms with Crippen LogP contribution in [0.1, 0.15) is 30.4 Å². The third-order valence-electron chi connectivity index (χ3n) is 3.33. The normalized spacial score (nSPS) is 17.3.